The topological polar surface area (TPSA) is 265 Å². The molecule has 2 heterocycles. The van der Waals surface area contributed by atoms with E-state index in [2.05, 4.69) is 28.1 Å². The number of hydrogen-bond acceptors (Lipinski definition) is 12. The molecular weight excluding hydrogens is 910 g/mol. The first-order valence-corrected chi connectivity index (χ1v) is 21.6. The smallest absolute Gasteiger partial charge is 0.407 e. The highest BCUT2D eigenvalue weighted by molar-refractivity contribution is 7.15. The highest BCUT2D eigenvalue weighted by atomic mass is 35.5. The molecule has 0 unspecified atom stereocenters. The molecule has 2 atom stereocenters. The van der Waals surface area contributed by atoms with Gasteiger partial charge in [-0.25, -0.2) is 4.79 Å². The van der Waals surface area contributed by atoms with Crippen LogP contribution in [0.15, 0.2) is 108 Å². The number of ketones is 2. The molecule has 65 heavy (non-hydrogen) atoms. The average molecular weight is 955 g/mol. The number of thiophene rings is 2. The lowest BCUT2D eigenvalue weighted by atomic mass is 9.98. The number of nitrogens with one attached hydrogen (secondary N) is 4. The maximum Gasteiger partial charge on any atom is 0.407 e. The molecule has 0 fully saturated rings. The van der Waals surface area contributed by atoms with Crippen molar-refractivity contribution in [3.63, 3.8) is 0 Å². The standard InChI is InChI=1S/C30H25ClN2O4S.C15H15ClN2O2S.CH4.HN3.N2/c1-17-16-38-29(26(17)27(34)19-11-13-20(31)14-12-19)33-28(35)18(2)32-30(36)37-15-25-23-9-5-3-7-21(23)22-8-4-6-10-24(22)25;1-8-7-21-15(18-14(20)9(2)17)12(8)13(19)10-3-5-11(16)6-4-10;;1-3-2;1-2/h3-14,16,18,25H,15H2,1-2H3,(H,32,36)(H,33,35);3-7,9H,17H2,1-2H3,(H,18,20);1H4;1H;/t18-;9-;;;/m00.../s1. The van der Waals surface area contributed by atoms with Gasteiger partial charge in [-0.3, -0.25) is 19.2 Å². The molecule has 6 aromatic rings. The average Bonchev–Trinajstić information content (AvgIpc) is 3.95. The van der Waals surface area contributed by atoms with E-state index in [9.17, 15) is 24.0 Å². The Morgan fingerprint density at radius 3 is 1.52 bits per heavy atom. The molecule has 7 rings (SSSR count). The molecule has 6 N–H and O–H groups in total. The van der Waals surface area contributed by atoms with Gasteiger partial charge >= 0.3 is 6.09 Å². The fourth-order valence-corrected chi connectivity index (χ4v) is 8.60. The number of benzene rings is 4. The fourth-order valence-electron chi connectivity index (χ4n) is 6.46. The number of amides is 3. The van der Waals surface area contributed by atoms with Gasteiger partial charge in [-0.1, -0.05) is 79.2 Å². The molecule has 336 valence electrons. The second-order valence-corrected chi connectivity index (χ2v) is 16.6. The number of rotatable bonds is 11. The normalized spacial score (nSPS) is 11.5. The van der Waals surface area contributed by atoms with E-state index in [1.807, 2.05) is 61.0 Å². The molecule has 4 aromatic carbocycles. The van der Waals surface area contributed by atoms with Gasteiger partial charge in [0.15, 0.2) is 11.6 Å². The van der Waals surface area contributed by atoms with Crippen molar-refractivity contribution in [3.05, 3.63) is 173 Å². The van der Waals surface area contributed by atoms with E-state index in [0.717, 1.165) is 33.4 Å². The lowest BCUT2D eigenvalue weighted by Crippen LogP contribution is -2.42. The number of fused-ring (bicyclic) bond motifs is 3. The van der Waals surface area contributed by atoms with Crippen molar-refractivity contribution in [2.75, 3.05) is 17.2 Å². The molecule has 0 bridgehead atoms. The molecule has 1 aliphatic carbocycles. The van der Waals surface area contributed by atoms with Crippen molar-refractivity contribution in [2.24, 2.45) is 5.73 Å². The molecule has 19 heteroatoms. The molecule has 3 amide bonds. The molecular formula is C46H45Cl2N9O6S2. The molecule has 0 aliphatic heterocycles. The first-order chi connectivity index (χ1) is 30.6. The van der Waals surface area contributed by atoms with Crippen molar-refractivity contribution in [1.82, 2.24) is 5.32 Å². The second kappa shape index (κ2) is 24.8. The number of nitrogens with zero attached hydrogens (tertiary/aromatic N) is 4. The van der Waals surface area contributed by atoms with E-state index in [0.29, 0.717) is 42.3 Å². The highest BCUT2D eigenvalue weighted by Gasteiger charge is 2.30. The monoisotopic (exact) mass is 953 g/mol. The number of ether oxygens (including phenoxy) is 1. The molecule has 0 spiro atoms. The minimum Gasteiger partial charge on any atom is -0.449 e. The predicted octanol–water partition coefficient (Wildman–Crippen LogP) is 11.6. The molecule has 1 aliphatic rings. The van der Waals surface area contributed by atoms with E-state index in [4.69, 9.17) is 55.5 Å². The summed E-state index contributed by atoms with van der Waals surface area (Å²) in [7, 11) is 0. The van der Waals surface area contributed by atoms with E-state index < -0.39 is 24.1 Å². The number of aryl methyl sites for hydroxylation is 2. The molecule has 15 nitrogen and oxygen atoms in total. The summed E-state index contributed by atoms with van der Waals surface area (Å²) in [6, 6.07) is 27.9. The number of carbonyl (C=O) groups is 5. The van der Waals surface area contributed by atoms with Gasteiger partial charge in [-0.15, -0.1) is 28.2 Å². The molecule has 0 saturated carbocycles. The third-order valence-corrected chi connectivity index (χ3v) is 12.1. The van der Waals surface area contributed by atoms with Crippen molar-refractivity contribution in [1.29, 1.82) is 16.3 Å². The summed E-state index contributed by atoms with van der Waals surface area (Å²) < 4.78 is 5.55. The zero-order chi connectivity index (χ0) is 47.1. The molecule has 0 radical (unpaired) electrons. The highest BCUT2D eigenvalue weighted by Crippen LogP contribution is 2.44. The number of carbonyl (C=O) groups excluding carboxylic acids is 5. The zero-order valence-corrected chi connectivity index (χ0v) is 37.9. The van der Waals surface area contributed by atoms with Crippen LogP contribution in [0.1, 0.15) is 81.3 Å². The summed E-state index contributed by atoms with van der Waals surface area (Å²) in [5.41, 5.74) is 25.8. The van der Waals surface area contributed by atoms with Crippen molar-refractivity contribution in [2.45, 2.75) is 53.1 Å². The second-order valence-electron chi connectivity index (χ2n) is 14.0. The van der Waals surface area contributed by atoms with Crippen LogP contribution in [0.5, 0.6) is 0 Å². The fraction of sp³-hybridized carbons (Fsp3) is 0.196. The van der Waals surface area contributed by atoms with Crippen LogP contribution in [-0.2, 0) is 14.3 Å². The van der Waals surface area contributed by atoms with Crippen molar-refractivity contribution < 1.29 is 28.7 Å². The van der Waals surface area contributed by atoms with Crippen LogP contribution in [0.2, 0.25) is 10.0 Å². The summed E-state index contributed by atoms with van der Waals surface area (Å²) >= 11 is 14.3. The Morgan fingerprint density at radius 1 is 0.738 bits per heavy atom. The zero-order valence-electron chi connectivity index (χ0n) is 34.7. The van der Waals surface area contributed by atoms with Crippen LogP contribution in [0, 0.1) is 30.2 Å². The number of anilines is 2. The first kappa shape index (κ1) is 52.4. The lowest BCUT2D eigenvalue weighted by molar-refractivity contribution is -0.118. The van der Waals surface area contributed by atoms with Crippen LogP contribution in [0.3, 0.4) is 0 Å². The van der Waals surface area contributed by atoms with Gasteiger partial charge in [-0.2, -0.15) is 0 Å². The van der Waals surface area contributed by atoms with Gasteiger partial charge in [0, 0.05) is 37.9 Å². The first-order valence-electron chi connectivity index (χ1n) is 19.1. The largest absolute Gasteiger partial charge is 0.449 e. The SMILES string of the molecule is C.Cc1csc(NC(=O)[C@H](C)N)c1C(=O)c1ccc(Cl)cc1.Cc1csc(NC(=O)[C@H](C)NC(=O)OCC2c3ccccc3-c3ccccc32)c1C(=O)c1ccc(Cl)cc1.N#N.[N-]=[N+]=N. The number of nitrogens with two attached hydrogens (primary N) is 1. The number of hydrogen-bond donors (Lipinski definition) is 5. The lowest BCUT2D eigenvalue weighted by Gasteiger charge is -2.17. The Morgan fingerprint density at radius 2 is 1.12 bits per heavy atom. The summed E-state index contributed by atoms with van der Waals surface area (Å²) in [6.45, 7) is 6.96. The Hall–Kier alpha value is -6.90. The Labute approximate surface area is 393 Å². The quantitative estimate of drug-likeness (QED) is 0.0271. The van der Waals surface area contributed by atoms with E-state index in [1.54, 1.807) is 67.3 Å². The summed E-state index contributed by atoms with van der Waals surface area (Å²) in [6.07, 6.45) is -0.686. The maximum absolute atomic E-state index is 13.1. The van der Waals surface area contributed by atoms with Crippen LogP contribution < -0.4 is 21.7 Å². The van der Waals surface area contributed by atoms with Gasteiger partial charge in [-0.05, 0) is 131 Å². The van der Waals surface area contributed by atoms with Gasteiger partial charge in [0.2, 0.25) is 11.8 Å². The third kappa shape index (κ3) is 13.3. The van der Waals surface area contributed by atoms with Crippen LogP contribution >= 0.6 is 45.9 Å². The van der Waals surface area contributed by atoms with Gasteiger partial charge < -0.3 is 26.4 Å². The molecule has 2 aromatic heterocycles. The van der Waals surface area contributed by atoms with E-state index >= 15 is 0 Å². The summed E-state index contributed by atoms with van der Waals surface area (Å²) in [4.78, 5) is 64.7. The van der Waals surface area contributed by atoms with Crippen molar-refractivity contribution in [3.8, 4) is 11.1 Å². The maximum atomic E-state index is 13.1. The van der Waals surface area contributed by atoms with Gasteiger partial charge in [0.25, 0.3) is 0 Å². The Bertz CT molecular complexity index is 2650. The minimum absolute atomic E-state index is 0. The Balaban J connectivity index is 0.000000352. The molecule has 0 saturated heterocycles. The van der Waals surface area contributed by atoms with Gasteiger partial charge in [0.1, 0.15) is 22.7 Å². The van der Waals surface area contributed by atoms with E-state index in [-0.39, 0.29) is 37.4 Å². The van der Waals surface area contributed by atoms with Crippen molar-refractivity contribution >= 4 is 85.4 Å². The summed E-state index contributed by atoms with van der Waals surface area (Å²) in [5, 5.41) is 25.8. The van der Waals surface area contributed by atoms with Crippen LogP contribution in [0.4, 0.5) is 14.8 Å². The Kier molecular flexibility index (Phi) is 20.0. The minimum atomic E-state index is -0.883. The summed E-state index contributed by atoms with van der Waals surface area (Å²) in [5.74, 6) is -1.21. The van der Waals surface area contributed by atoms with E-state index in [1.165, 1.54) is 22.7 Å². The predicted molar refractivity (Wildman–Crippen MR) is 256 cm³/mol. The van der Waals surface area contributed by atoms with Gasteiger partial charge in [0.05, 0.1) is 17.2 Å². The van der Waals surface area contributed by atoms with Crippen LogP contribution in [-0.4, -0.2) is 48.2 Å². The number of alkyl carbamates (subject to hydrolysis) is 1. The third-order valence-electron chi connectivity index (χ3n) is 9.58. The van der Waals surface area contributed by atoms with Crippen LogP contribution in [0.25, 0.3) is 21.6 Å². The number of halogens is 2.